The Bertz CT molecular complexity index is 80.6. The van der Waals surface area contributed by atoms with Crippen LogP contribution in [0.15, 0.2) is 0 Å². The highest BCUT2D eigenvalue weighted by Crippen LogP contribution is 2.22. The van der Waals surface area contributed by atoms with Gasteiger partial charge in [0.1, 0.15) is 0 Å². The van der Waals surface area contributed by atoms with E-state index in [1.807, 2.05) is 0 Å². The molecule has 0 radical (unpaired) electrons. The molecule has 0 bridgehead atoms. The van der Waals surface area contributed by atoms with Gasteiger partial charge in [-0.15, -0.1) is 4.48 Å². The predicted octanol–water partition coefficient (Wildman–Crippen LogP) is 1.10. The smallest absolute Gasteiger partial charge is 0.225 e. The van der Waals surface area contributed by atoms with Gasteiger partial charge in [-0.05, 0) is 0 Å². The van der Waals surface area contributed by atoms with E-state index in [1.54, 1.807) is 0 Å². The average molecular weight is 127 g/mol. The molecule has 5 heteroatoms. The number of alkyl halides is 2. The number of rotatable bonds is 0. The van der Waals surface area contributed by atoms with Gasteiger partial charge in [-0.25, -0.2) is 13.6 Å². The lowest BCUT2D eigenvalue weighted by atomic mass is 10.4. The van der Waals surface area contributed by atoms with Crippen molar-refractivity contribution in [1.82, 2.24) is 5.29 Å². The van der Waals surface area contributed by atoms with Crippen LogP contribution in [0.4, 0.5) is 13.3 Å². The van der Waals surface area contributed by atoms with E-state index >= 15 is 0 Å². The van der Waals surface area contributed by atoms with Crippen molar-refractivity contribution in [3.05, 3.63) is 0 Å². The summed E-state index contributed by atoms with van der Waals surface area (Å²) in [6.45, 7) is 0. The first-order chi connectivity index (χ1) is 3.70. The fourth-order valence-electron chi connectivity index (χ4n) is 0.454. The van der Waals surface area contributed by atoms with Crippen LogP contribution in [-0.4, -0.2) is 17.9 Å². The Balaban J connectivity index is 2.39. The highest BCUT2D eigenvalue weighted by Gasteiger charge is 2.33. The zero-order valence-corrected chi connectivity index (χ0v) is 3.85. The van der Waals surface area contributed by atoms with Crippen LogP contribution in [0, 0.1) is 0 Å². The van der Waals surface area contributed by atoms with Gasteiger partial charge in [-0.1, -0.05) is 0 Å². The molecule has 0 aromatic carbocycles. The van der Waals surface area contributed by atoms with Crippen molar-refractivity contribution < 1.29 is 18.1 Å². The Kier molecular flexibility index (Phi) is 1.39. The van der Waals surface area contributed by atoms with Crippen molar-refractivity contribution in [2.45, 2.75) is 19.1 Å². The topological polar surface area (TPSA) is 12.5 Å². The maximum Gasteiger partial charge on any atom is 0.225 e. The summed E-state index contributed by atoms with van der Waals surface area (Å²) in [6.07, 6.45) is -4.31. The first kappa shape index (κ1) is 5.84. The lowest BCUT2D eigenvalue weighted by Crippen LogP contribution is -2.13. The Morgan fingerprint density at radius 2 is 2.12 bits per heavy atom. The van der Waals surface area contributed by atoms with E-state index in [0.29, 0.717) is 0 Å². The minimum atomic E-state index is -1.94. The molecule has 1 rings (SSSR count). The molecule has 1 fully saturated rings. The van der Waals surface area contributed by atoms with Crippen molar-refractivity contribution in [3.63, 3.8) is 0 Å². The maximum atomic E-state index is 11.8. The molecular weight excluding hydrogens is 123 g/mol. The summed E-state index contributed by atoms with van der Waals surface area (Å²) in [5.74, 6) is 0. The molecule has 0 aromatic heterocycles. The number of hydroxylamine groups is 1. The second-order valence-corrected chi connectivity index (χ2v) is 1.46. The summed E-state index contributed by atoms with van der Waals surface area (Å²) in [4.78, 5) is 3.60. The largest absolute Gasteiger partial charge is 0.230 e. The molecule has 0 saturated carbocycles. The second kappa shape index (κ2) is 1.91. The van der Waals surface area contributed by atoms with E-state index in [0.717, 1.165) is 0 Å². The van der Waals surface area contributed by atoms with Gasteiger partial charge in [0.15, 0.2) is 0 Å². The molecule has 0 aromatic rings. The average Bonchev–Trinajstić information content (AvgIpc) is 1.85. The fraction of sp³-hybridized carbons (Fsp3) is 1.00. The van der Waals surface area contributed by atoms with Gasteiger partial charge in [0.25, 0.3) is 0 Å². The molecule has 2 nitrogen and oxygen atoms in total. The lowest BCUT2D eigenvalue weighted by Gasteiger charge is -1.99. The van der Waals surface area contributed by atoms with Gasteiger partial charge in [0.2, 0.25) is 12.7 Å². The van der Waals surface area contributed by atoms with Gasteiger partial charge in [0, 0.05) is 5.29 Å². The van der Waals surface area contributed by atoms with Crippen molar-refractivity contribution in [3.8, 4) is 0 Å². The number of hydrogen-bond acceptors (Lipinski definition) is 2. The van der Waals surface area contributed by atoms with E-state index in [-0.39, 0.29) is 0 Å². The van der Waals surface area contributed by atoms with Crippen LogP contribution in [0.1, 0.15) is 6.42 Å². The highest BCUT2D eigenvalue weighted by atomic mass is 19.2. The number of hydrogen-bond donors (Lipinski definition) is 0. The molecule has 0 aliphatic carbocycles. The minimum absolute atomic E-state index is 0.545. The molecule has 2 unspecified atom stereocenters. The van der Waals surface area contributed by atoms with Gasteiger partial charge < -0.3 is 0 Å². The van der Waals surface area contributed by atoms with Crippen LogP contribution in [0.5, 0.6) is 0 Å². The third-order valence-corrected chi connectivity index (χ3v) is 0.815. The van der Waals surface area contributed by atoms with E-state index in [4.69, 9.17) is 0 Å². The minimum Gasteiger partial charge on any atom is -0.230 e. The summed E-state index contributed by atoms with van der Waals surface area (Å²) in [5, 5.41) is -0.620. The van der Waals surface area contributed by atoms with Crippen molar-refractivity contribution >= 4 is 0 Å². The molecule has 0 spiro atoms. The van der Waals surface area contributed by atoms with Crippen LogP contribution in [0.3, 0.4) is 0 Å². The lowest BCUT2D eigenvalue weighted by molar-refractivity contribution is -0.315. The van der Waals surface area contributed by atoms with E-state index in [9.17, 15) is 13.3 Å². The zero-order valence-electron chi connectivity index (χ0n) is 3.85. The first-order valence-electron chi connectivity index (χ1n) is 2.10. The van der Waals surface area contributed by atoms with Gasteiger partial charge >= 0.3 is 0 Å². The standard InChI is InChI=1S/C3H4F3NO/c4-2-1-3(5)8-7(2)6/h2-3H,1H2. The quantitative estimate of drug-likeness (QED) is 0.357. The monoisotopic (exact) mass is 127 g/mol. The predicted molar refractivity (Wildman–Crippen MR) is 18.4 cm³/mol. The van der Waals surface area contributed by atoms with E-state index in [2.05, 4.69) is 4.84 Å². The van der Waals surface area contributed by atoms with Gasteiger partial charge in [-0.3, -0.25) is 0 Å². The molecule has 48 valence electrons. The summed E-state index contributed by atoms with van der Waals surface area (Å²) >= 11 is 0. The Morgan fingerprint density at radius 1 is 1.50 bits per heavy atom. The molecule has 1 heterocycles. The Labute approximate surface area is 43.7 Å². The van der Waals surface area contributed by atoms with E-state index < -0.39 is 24.4 Å². The maximum absolute atomic E-state index is 11.8. The fourth-order valence-corrected chi connectivity index (χ4v) is 0.454. The first-order valence-corrected chi connectivity index (χ1v) is 2.10. The van der Waals surface area contributed by atoms with Gasteiger partial charge in [-0.2, -0.15) is 0 Å². The number of nitrogens with zero attached hydrogens (tertiary/aromatic N) is 1. The number of halogens is 3. The summed E-state index contributed by atoms with van der Waals surface area (Å²) in [7, 11) is 0. The normalized spacial score (nSPS) is 40.9. The summed E-state index contributed by atoms with van der Waals surface area (Å²) in [5.41, 5.74) is 0. The van der Waals surface area contributed by atoms with E-state index in [1.165, 1.54) is 0 Å². The molecule has 0 N–H and O–H groups in total. The summed E-state index contributed by atoms with van der Waals surface area (Å²) in [6, 6.07) is 0. The van der Waals surface area contributed by atoms with Crippen molar-refractivity contribution in [2.75, 3.05) is 0 Å². The van der Waals surface area contributed by atoms with Crippen LogP contribution in [-0.2, 0) is 4.84 Å². The third kappa shape index (κ3) is 0.924. The zero-order chi connectivity index (χ0) is 6.15. The SMILES string of the molecule is FC1CC(F)N(F)O1. The third-order valence-electron chi connectivity index (χ3n) is 0.815. The second-order valence-electron chi connectivity index (χ2n) is 1.46. The molecule has 1 saturated heterocycles. The van der Waals surface area contributed by atoms with Crippen LogP contribution in [0.25, 0.3) is 0 Å². The van der Waals surface area contributed by atoms with Crippen molar-refractivity contribution in [1.29, 1.82) is 0 Å². The molecular formula is C3H4F3NO. The Morgan fingerprint density at radius 3 is 2.25 bits per heavy atom. The van der Waals surface area contributed by atoms with Crippen molar-refractivity contribution in [2.24, 2.45) is 0 Å². The summed E-state index contributed by atoms with van der Waals surface area (Å²) < 4.78 is 35.0. The molecule has 8 heavy (non-hydrogen) atoms. The molecule has 2 atom stereocenters. The van der Waals surface area contributed by atoms with Crippen LogP contribution in [0.2, 0.25) is 0 Å². The van der Waals surface area contributed by atoms with Gasteiger partial charge in [0.05, 0.1) is 6.42 Å². The highest BCUT2D eigenvalue weighted by molar-refractivity contribution is 4.55. The van der Waals surface area contributed by atoms with Crippen LogP contribution >= 0.6 is 0 Å². The molecule has 1 aliphatic heterocycles. The molecule has 0 amide bonds. The molecule has 1 aliphatic rings. The van der Waals surface area contributed by atoms with Crippen LogP contribution < -0.4 is 0 Å². The Hall–Kier alpha value is -0.290.